The maximum absolute atomic E-state index is 11.1. The van der Waals surface area contributed by atoms with Gasteiger partial charge < -0.3 is 4.74 Å². The molecule has 0 N–H and O–H groups in total. The monoisotopic (exact) mass is 164 g/mol. The number of hydrogen-bond acceptors (Lipinski definition) is 2. The number of carbonyl (C=O) groups excluding carboxylic acids is 1. The number of methoxy groups -OCH3 is 1. The van der Waals surface area contributed by atoms with Crippen LogP contribution in [-0.4, -0.2) is 12.9 Å². The van der Waals surface area contributed by atoms with E-state index in [-0.39, 0.29) is 5.78 Å². The van der Waals surface area contributed by atoms with Crippen molar-refractivity contribution in [2.45, 2.75) is 13.3 Å². The summed E-state index contributed by atoms with van der Waals surface area (Å²) in [5.41, 5.74) is 1.04. The standard InChI is InChI=1S/C10H12O2/c1-3-4-8-5-6-9(11)10(7-8)12-2/h4-7H,3H2,1-2H3/b8-4+. The second-order valence-corrected chi connectivity index (χ2v) is 2.52. The average molecular weight is 164 g/mol. The predicted molar refractivity (Wildman–Crippen MR) is 47.6 cm³/mol. The average Bonchev–Trinajstić information content (AvgIpc) is 2.09. The van der Waals surface area contributed by atoms with Gasteiger partial charge in [-0.25, -0.2) is 0 Å². The first-order valence-corrected chi connectivity index (χ1v) is 3.96. The van der Waals surface area contributed by atoms with Crippen molar-refractivity contribution < 1.29 is 9.53 Å². The fourth-order valence-corrected chi connectivity index (χ4v) is 1.05. The van der Waals surface area contributed by atoms with E-state index in [0.717, 1.165) is 12.0 Å². The third kappa shape index (κ3) is 1.84. The van der Waals surface area contributed by atoms with E-state index in [1.165, 1.54) is 13.2 Å². The van der Waals surface area contributed by atoms with E-state index >= 15 is 0 Å². The topological polar surface area (TPSA) is 26.3 Å². The number of allylic oxidation sites excluding steroid dienone is 5. The smallest absolute Gasteiger partial charge is 0.220 e. The first-order valence-electron chi connectivity index (χ1n) is 3.96. The molecule has 0 aliphatic heterocycles. The Kier molecular flexibility index (Phi) is 2.86. The highest BCUT2D eigenvalue weighted by molar-refractivity contribution is 6.04. The van der Waals surface area contributed by atoms with Crippen LogP contribution in [0.15, 0.2) is 35.6 Å². The van der Waals surface area contributed by atoms with Gasteiger partial charge >= 0.3 is 0 Å². The summed E-state index contributed by atoms with van der Waals surface area (Å²) in [7, 11) is 1.51. The van der Waals surface area contributed by atoms with Gasteiger partial charge in [0.1, 0.15) is 0 Å². The first kappa shape index (κ1) is 8.78. The van der Waals surface area contributed by atoms with Crippen molar-refractivity contribution in [3.05, 3.63) is 35.6 Å². The number of carbonyl (C=O) groups is 1. The van der Waals surface area contributed by atoms with E-state index < -0.39 is 0 Å². The minimum absolute atomic E-state index is 0.0641. The molecule has 0 radical (unpaired) electrons. The lowest BCUT2D eigenvalue weighted by Crippen LogP contribution is -2.04. The minimum Gasteiger partial charge on any atom is -0.493 e. The van der Waals surface area contributed by atoms with Crippen LogP contribution in [0.1, 0.15) is 13.3 Å². The number of hydrogen-bond donors (Lipinski definition) is 0. The molecule has 0 aromatic heterocycles. The van der Waals surface area contributed by atoms with E-state index in [0.29, 0.717) is 5.76 Å². The van der Waals surface area contributed by atoms with Gasteiger partial charge in [0.2, 0.25) is 5.78 Å². The van der Waals surface area contributed by atoms with Gasteiger partial charge in [-0.1, -0.05) is 19.1 Å². The molecule has 0 aromatic rings. The minimum atomic E-state index is -0.0641. The van der Waals surface area contributed by atoms with Gasteiger partial charge in [-0.2, -0.15) is 0 Å². The Morgan fingerprint density at radius 3 is 2.83 bits per heavy atom. The van der Waals surface area contributed by atoms with Gasteiger partial charge in [-0.3, -0.25) is 4.79 Å². The van der Waals surface area contributed by atoms with E-state index in [2.05, 4.69) is 6.92 Å². The zero-order valence-corrected chi connectivity index (χ0v) is 7.33. The Balaban J connectivity index is 2.86. The fourth-order valence-electron chi connectivity index (χ4n) is 1.05. The van der Waals surface area contributed by atoms with Gasteiger partial charge in [0.25, 0.3) is 0 Å². The normalized spacial score (nSPS) is 19.7. The lowest BCUT2D eigenvalue weighted by Gasteiger charge is -2.06. The lowest BCUT2D eigenvalue weighted by molar-refractivity contribution is -0.114. The van der Waals surface area contributed by atoms with Crippen LogP contribution in [0.2, 0.25) is 0 Å². The van der Waals surface area contributed by atoms with Crippen LogP contribution >= 0.6 is 0 Å². The Morgan fingerprint density at radius 2 is 2.25 bits per heavy atom. The highest BCUT2D eigenvalue weighted by Gasteiger charge is 2.10. The summed E-state index contributed by atoms with van der Waals surface area (Å²) in [4.78, 5) is 11.1. The Morgan fingerprint density at radius 1 is 1.50 bits per heavy atom. The van der Waals surface area contributed by atoms with Crippen molar-refractivity contribution in [1.29, 1.82) is 0 Å². The molecule has 0 atom stereocenters. The fraction of sp³-hybridized carbons (Fsp3) is 0.300. The molecule has 0 amide bonds. The van der Waals surface area contributed by atoms with Crippen LogP contribution in [0.5, 0.6) is 0 Å². The van der Waals surface area contributed by atoms with Crippen molar-refractivity contribution >= 4 is 5.78 Å². The lowest BCUT2D eigenvalue weighted by atomic mass is 10.1. The number of ketones is 1. The Labute approximate surface area is 72.2 Å². The second kappa shape index (κ2) is 3.90. The van der Waals surface area contributed by atoms with Crippen LogP contribution in [-0.2, 0) is 9.53 Å². The van der Waals surface area contributed by atoms with Gasteiger partial charge in [-0.05, 0) is 24.1 Å². The van der Waals surface area contributed by atoms with Crippen LogP contribution < -0.4 is 0 Å². The molecule has 0 saturated carbocycles. The molecule has 0 bridgehead atoms. The van der Waals surface area contributed by atoms with Crippen LogP contribution in [0.4, 0.5) is 0 Å². The Bertz CT molecular complexity index is 270. The summed E-state index contributed by atoms with van der Waals surface area (Å²) in [6, 6.07) is 0. The van der Waals surface area contributed by atoms with Gasteiger partial charge in [0, 0.05) is 0 Å². The summed E-state index contributed by atoms with van der Waals surface area (Å²) >= 11 is 0. The van der Waals surface area contributed by atoms with Crippen molar-refractivity contribution in [1.82, 2.24) is 0 Å². The molecule has 0 fully saturated rings. The summed E-state index contributed by atoms with van der Waals surface area (Å²) in [6.45, 7) is 2.05. The van der Waals surface area contributed by atoms with E-state index in [9.17, 15) is 4.79 Å². The zero-order valence-electron chi connectivity index (χ0n) is 7.33. The summed E-state index contributed by atoms with van der Waals surface area (Å²) < 4.78 is 4.90. The summed E-state index contributed by atoms with van der Waals surface area (Å²) in [5, 5.41) is 0. The summed E-state index contributed by atoms with van der Waals surface area (Å²) in [6.07, 6.45) is 8.09. The quantitative estimate of drug-likeness (QED) is 0.624. The van der Waals surface area contributed by atoms with Crippen molar-refractivity contribution in [3.63, 3.8) is 0 Å². The van der Waals surface area contributed by atoms with Crippen LogP contribution in [0.25, 0.3) is 0 Å². The second-order valence-electron chi connectivity index (χ2n) is 2.52. The van der Waals surface area contributed by atoms with Crippen LogP contribution in [0, 0.1) is 0 Å². The predicted octanol–water partition coefficient (Wildman–Crippen LogP) is 1.99. The highest BCUT2D eigenvalue weighted by atomic mass is 16.5. The molecular formula is C10H12O2. The molecule has 0 aromatic carbocycles. The third-order valence-corrected chi connectivity index (χ3v) is 1.63. The maximum Gasteiger partial charge on any atom is 0.220 e. The van der Waals surface area contributed by atoms with Crippen molar-refractivity contribution in [2.24, 2.45) is 0 Å². The van der Waals surface area contributed by atoms with E-state index in [4.69, 9.17) is 4.74 Å². The van der Waals surface area contributed by atoms with Gasteiger partial charge in [-0.15, -0.1) is 0 Å². The zero-order chi connectivity index (χ0) is 8.97. The van der Waals surface area contributed by atoms with Crippen molar-refractivity contribution in [3.8, 4) is 0 Å². The maximum atomic E-state index is 11.1. The molecule has 64 valence electrons. The van der Waals surface area contributed by atoms with Crippen LogP contribution in [0.3, 0.4) is 0 Å². The molecule has 1 rings (SSSR count). The number of ether oxygens (including phenoxy) is 1. The Hall–Kier alpha value is -1.31. The third-order valence-electron chi connectivity index (χ3n) is 1.63. The molecule has 0 saturated heterocycles. The van der Waals surface area contributed by atoms with Crippen molar-refractivity contribution in [2.75, 3.05) is 7.11 Å². The van der Waals surface area contributed by atoms with E-state index in [1.807, 2.05) is 6.08 Å². The molecule has 1 aliphatic carbocycles. The molecule has 1 aliphatic rings. The highest BCUT2D eigenvalue weighted by Crippen LogP contribution is 2.13. The SMILES string of the molecule is CC/C=C1\C=CC(=O)C(OC)=C1. The molecular weight excluding hydrogens is 152 g/mol. The van der Waals surface area contributed by atoms with Gasteiger partial charge in [0.15, 0.2) is 5.76 Å². The first-order chi connectivity index (χ1) is 5.77. The molecule has 2 heteroatoms. The molecule has 0 spiro atoms. The summed E-state index contributed by atoms with van der Waals surface area (Å²) in [5.74, 6) is 0.350. The molecule has 12 heavy (non-hydrogen) atoms. The van der Waals surface area contributed by atoms with E-state index in [1.54, 1.807) is 12.2 Å². The largest absolute Gasteiger partial charge is 0.493 e. The molecule has 0 heterocycles. The van der Waals surface area contributed by atoms with Gasteiger partial charge in [0.05, 0.1) is 7.11 Å². The number of rotatable bonds is 2. The molecule has 2 nitrogen and oxygen atoms in total. The molecule has 0 unspecified atom stereocenters.